The summed E-state index contributed by atoms with van der Waals surface area (Å²) in [5.41, 5.74) is 4.81. The highest BCUT2D eigenvalue weighted by molar-refractivity contribution is 5.94. The summed E-state index contributed by atoms with van der Waals surface area (Å²) in [7, 11) is 0. The summed E-state index contributed by atoms with van der Waals surface area (Å²) < 4.78 is 0. The van der Waals surface area contributed by atoms with Gasteiger partial charge in [-0.05, 0) is 46.9 Å². The Kier molecular flexibility index (Phi) is 3.97. The van der Waals surface area contributed by atoms with Gasteiger partial charge in [0.1, 0.15) is 0 Å². The van der Waals surface area contributed by atoms with Crippen molar-refractivity contribution < 1.29 is 9.90 Å². The van der Waals surface area contributed by atoms with Gasteiger partial charge in [0.2, 0.25) is 0 Å². The van der Waals surface area contributed by atoms with Crippen LogP contribution < -0.4 is 0 Å². The molecular weight excluding hydrogens is 274 g/mol. The van der Waals surface area contributed by atoms with Crippen LogP contribution in [0.3, 0.4) is 0 Å². The molecule has 1 heterocycles. The molecule has 0 atom stereocenters. The van der Waals surface area contributed by atoms with Crippen molar-refractivity contribution in [1.82, 2.24) is 4.98 Å². The van der Waals surface area contributed by atoms with Gasteiger partial charge in [0.25, 0.3) is 0 Å². The van der Waals surface area contributed by atoms with E-state index in [9.17, 15) is 4.79 Å². The Morgan fingerprint density at radius 3 is 2.23 bits per heavy atom. The summed E-state index contributed by atoms with van der Waals surface area (Å²) in [6.45, 7) is 0. The topological polar surface area (TPSA) is 50.2 Å². The lowest BCUT2D eigenvalue weighted by Crippen LogP contribution is -2.01. The maximum Gasteiger partial charge on any atom is 0.335 e. The second-order valence-electron chi connectivity index (χ2n) is 5.00. The fraction of sp³-hybridized carbons (Fsp3) is 0.0526. The lowest BCUT2D eigenvalue weighted by molar-refractivity contribution is 0.0696. The van der Waals surface area contributed by atoms with Crippen molar-refractivity contribution in [3.05, 3.63) is 89.7 Å². The molecule has 0 saturated heterocycles. The van der Waals surface area contributed by atoms with Crippen molar-refractivity contribution in [3.63, 3.8) is 0 Å². The zero-order valence-electron chi connectivity index (χ0n) is 11.9. The summed E-state index contributed by atoms with van der Waals surface area (Å²) in [4.78, 5) is 14.9. The molecule has 4 rings (SSSR count). The van der Waals surface area contributed by atoms with Gasteiger partial charge >= 0.3 is 5.97 Å². The number of hydrogen-bond donors (Lipinski definition) is 1. The smallest absolute Gasteiger partial charge is 0.335 e. The van der Waals surface area contributed by atoms with Crippen LogP contribution in [-0.2, 0) is 6.42 Å². The van der Waals surface area contributed by atoms with Crippen molar-refractivity contribution in [1.29, 1.82) is 0 Å². The van der Waals surface area contributed by atoms with Crippen LogP contribution in [0.1, 0.15) is 21.5 Å². The van der Waals surface area contributed by atoms with E-state index in [0.29, 0.717) is 5.56 Å². The average molecular weight is 289 g/mol. The van der Waals surface area contributed by atoms with E-state index in [0.717, 1.165) is 17.5 Å². The Bertz CT molecular complexity index is 771. The largest absolute Gasteiger partial charge is 0.478 e. The van der Waals surface area contributed by atoms with Gasteiger partial charge in [-0.15, -0.1) is 0 Å². The van der Waals surface area contributed by atoms with Crippen LogP contribution in [0.5, 0.6) is 0 Å². The molecular formula is C19H15NO2. The Balaban J connectivity index is 0.000000202. The van der Waals surface area contributed by atoms with Crippen molar-refractivity contribution >= 4 is 5.97 Å². The van der Waals surface area contributed by atoms with Gasteiger partial charge in [0.05, 0.1) is 5.56 Å². The van der Waals surface area contributed by atoms with E-state index in [1.54, 1.807) is 18.5 Å². The fourth-order valence-electron chi connectivity index (χ4n) is 2.67. The molecule has 0 aliphatic heterocycles. The van der Waals surface area contributed by atoms with E-state index in [2.05, 4.69) is 11.1 Å². The number of benzene rings is 2. The average Bonchev–Trinajstić information content (AvgIpc) is 2.95. The first-order chi connectivity index (χ1) is 10.8. The van der Waals surface area contributed by atoms with E-state index in [-0.39, 0.29) is 0 Å². The second kappa shape index (κ2) is 6.22. The van der Waals surface area contributed by atoms with Crippen LogP contribution in [0.25, 0.3) is 11.1 Å². The number of hydrogen-bond acceptors (Lipinski definition) is 2. The number of rotatable bonds is 1. The first kappa shape index (κ1) is 14.0. The molecule has 22 heavy (non-hydrogen) atoms. The van der Waals surface area contributed by atoms with E-state index < -0.39 is 5.97 Å². The van der Waals surface area contributed by atoms with Gasteiger partial charge in [-0.25, -0.2) is 4.79 Å². The van der Waals surface area contributed by atoms with Crippen LogP contribution >= 0.6 is 0 Å². The standard InChI is InChI=1S/C14H10O2.C5H5N/c15-14(16)12-7-3-6-11-10-5-2-1-4-9(10)8-13(11)12;1-2-4-6-5-3-1/h1-7H,8H2,(H,15,16);1-5H. The van der Waals surface area contributed by atoms with Crippen molar-refractivity contribution in [3.8, 4) is 11.1 Å². The molecule has 1 aliphatic rings. The molecule has 3 aromatic rings. The van der Waals surface area contributed by atoms with Crippen molar-refractivity contribution in [2.45, 2.75) is 6.42 Å². The lowest BCUT2D eigenvalue weighted by atomic mass is 10.0. The number of pyridine rings is 1. The summed E-state index contributed by atoms with van der Waals surface area (Å²) >= 11 is 0. The third kappa shape index (κ3) is 2.74. The minimum absolute atomic E-state index is 0.425. The van der Waals surface area contributed by atoms with Crippen molar-refractivity contribution in [2.24, 2.45) is 0 Å². The summed E-state index contributed by atoms with van der Waals surface area (Å²) in [5.74, 6) is -0.843. The molecule has 1 aliphatic carbocycles. The van der Waals surface area contributed by atoms with Gasteiger partial charge in [0.15, 0.2) is 0 Å². The highest BCUT2D eigenvalue weighted by Gasteiger charge is 2.22. The maximum absolute atomic E-state index is 11.1. The highest BCUT2D eigenvalue weighted by atomic mass is 16.4. The van der Waals surface area contributed by atoms with E-state index >= 15 is 0 Å². The molecule has 0 spiro atoms. The molecule has 1 N–H and O–H groups in total. The second-order valence-corrected chi connectivity index (χ2v) is 5.00. The Morgan fingerprint density at radius 1 is 0.864 bits per heavy atom. The third-order valence-corrected chi connectivity index (χ3v) is 3.65. The highest BCUT2D eigenvalue weighted by Crippen LogP contribution is 2.37. The number of nitrogens with zero attached hydrogens (tertiary/aromatic N) is 1. The summed E-state index contributed by atoms with van der Waals surface area (Å²) in [5, 5.41) is 9.13. The van der Waals surface area contributed by atoms with Gasteiger partial charge in [-0.1, -0.05) is 42.5 Å². The first-order valence-corrected chi connectivity index (χ1v) is 7.06. The monoisotopic (exact) mass is 289 g/mol. The first-order valence-electron chi connectivity index (χ1n) is 7.06. The third-order valence-electron chi connectivity index (χ3n) is 3.65. The molecule has 0 unspecified atom stereocenters. The van der Waals surface area contributed by atoms with Gasteiger partial charge in [-0.2, -0.15) is 0 Å². The fourth-order valence-corrected chi connectivity index (χ4v) is 2.67. The molecule has 3 nitrogen and oxygen atoms in total. The minimum Gasteiger partial charge on any atom is -0.478 e. The molecule has 0 saturated carbocycles. The quantitative estimate of drug-likeness (QED) is 0.575. The summed E-state index contributed by atoms with van der Waals surface area (Å²) in [6.07, 6.45) is 4.23. The summed E-state index contributed by atoms with van der Waals surface area (Å²) in [6, 6.07) is 19.3. The van der Waals surface area contributed by atoms with Gasteiger partial charge in [0, 0.05) is 12.4 Å². The normalized spacial score (nSPS) is 10.9. The molecule has 2 aromatic carbocycles. The molecule has 3 heteroatoms. The Labute approximate surface area is 128 Å². The predicted octanol–water partition coefficient (Wildman–Crippen LogP) is 4.04. The maximum atomic E-state index is 11.1. The number of aromatic nitrogens is 1. The van der Waals surface area contributed by atoms with Crippen molar-refractivity contribution in [2.75, 3.05) is 0 Å². The number of carboxylic acids is 1. The number of carboxylic acid groups (broad SMARTS) is 1. The lowest BCUT2D eigenvalue weighted by Gasteiger charge is -2.03. The van der Waals surface area contributed by atoms with Gasteiger partial charge in [-0.3, -0.25) is 4.98 Å². The van der Waals surface area contributed by atoms with Crippen LogP contribution in [0.2, 0.25) is 0 Å². The number of carbonyl (C=O) groups is 1. The van der Waals surface area contributed by atoms with Gasteiger partial charge < -0.3 is 5.11 Å². The van der Waals surface area contributed by atoms with E-state index in [1.165, 1.54) is 11.1 Å². The predicted molar refractivity (Wildman–Crippen MR) is 85.9 cm³/mol. The van der Waals surface area contributed by atoms with E-state index in [1.807, 2.05) is 48.5 Å². The zero-order valence-corrected chi connectivity index (χ0v) is 11.9. The minimum atomic E-state index is -0.843. The molecule has 0 fully saturated rings. The van der Waals surface area contributed by atoms with Crippen LogP contribution in [-0.4, -0.2) is 16.1 Å². The number of aromatic carboxylic acids is 1. The number of fused-ring (bicyclic) bond motifs is 3. The van der Waals surface area contributed by atoms with Crippen LogP contribution in [0, 0.1) is 0 Å². The molecule has 0 amide bonds. The van der Waals surface area contributed by atoms with Crippen LogP contribution in [0.4, 0.5) is 0 Å². The molecule has 0 radical (unpaired) electrons. The SMILES string of the molecule is O=C(O)c1cccc2c1Cc1ccccc1-2.c1ccncc1. The molecule has 0 bridgehead atoms. The van der Waals surface area contributed by atoms with E-state index in [4.69, 9.17) is 5.11 Å². The van der Waals surface area contributed by atoms with Crippen LogP contribution in [0.15, 0.2) is 73.1 Å². The Hall–Kier alpha value is -2.94. The molecule has 108 valence electrons. The molecule has 1 aromatic heterocycles. The zero-order chi connectivity index (χ0) is 15.4. The Morgan fingerprint density at radius 2 is 1.59 bits per heavy atom.